The van der Waals surface area contributed by atoms with Crippen LogP contribution in [0.2, 0.25) is 0 Å². The Labute approximate surface area is 114 Å². The van der Waals surface area contributed by atoms with Gasteiger partial charge in [-0.25, -0.2) is 0 Å². The molecule has 1 fully saturated rings. The largest absolute Gasteiger partial charge is 0.460 e. The van der Waals surface area contributed by atoms with Gasteiger partial charge in [0.05, 0.1) is 0 Å². The van der Waals surface area contributed by atoms with Crippen molar-refractivity contribution >= 4 is 5.97 Å². The number of carbonyl (C=O) groups excluding carboxylic acids is 1. The van der Waals surface area contributed by atoms with E-state index in [-0.39, 0.29) is 12.0 Å². The molecule has 1 aliphatic rings. The molecule has 1 atom stereocenters. The zero-order valence-electron chi connectivity index (χ0n) is 11.0. The monoisotopic (exact) mass is 257 g/mol. The van der Waals surface area contributed by atoms with Crippen LogP contribution >= 0.6 is 0 Å². The van der Waals surface area contributed by atoms with E-state index in [4.69, 9.17) is 11.2 Å². The Morgan fingerprint density at radius 1 is 1.42 bits per heavy atom. The smallest absolute Gasteiger partial charge is 0.323 e. The van der Waals surface area contributed by atoms with Gasteiger partial charge in [-0.15, -0.1) is 12.3 Å². The van der Waals surface area contributed by atoms with Crippen LogP contribution in [-0.4, -0.2) is 30.0 Å². The number of benzene rings is 1. The van der Waals surface area contributed by atoms with Gasteiger partial charge >= 0.3 is 5.97 Å². The molecule has 1 aliphatic heterocycles. The van der Waals surface area contributed by atoms with Crippen molar-refractivity contribution in [2.75, 3.05) is 13.1 Å². The number of carbonyl (C=O) groups is 1. The number of likely N-dealkylation sites (tertiary alicyclic amines) is 1. The number of esters is 1. The molecule has 0 amide bonds. The van der Waals surface area contributed by atoms with Gasteiger partial charge in [0.15, 0.2) is 0 Å². The molecule has 0 aliphatic carbocycles. The minimum atomic E-state index is -0.127. The molecule has 0 saturated carbocycles. The number of hydrogen-bond acceptors (Lipinski definition) is 3. The Morgan fingerprint density at radius 3 is 2.95 bits per heavy atom. The first kappa shape index (κ1) is 13.6. The van der Waals surface area contributed by atoms with E-state index in [0.29, 0.717) is 13.0 Å². The summed E-state index contributed by atoms with van der Waals surface area (Å²) in [6.07, 6.45) is 7.86. The van der Waals surface area contributed by atoms with Crippen LogP contribution in [0.25, 0.3) is 0 Å². The molecule has 1 unspecified atom stereocenters. The highest BCUT2D eigenvalue weighted by Crippen LogP contribution is 2.19. The molecule has 100 valence electrons. The molecule has 1 saturated heterocycles. The van der Waals surface area contributed by atoms with E-state index < -0.39 is 0 Å². The van der Waals surface area contributed by atoms with Crippen LogP contribution in [0.1, 0.15) is 24.8 Å². The summed E-state index contributed by atoms with van der Waals surface area (Å²) in [7, 11) is 0. The van der Waals surface area contributed by atoms with Crippen molar-refractivity contribution in [2.24, 2.45) is 0 Å². The van der Waals surface area contributed by atoms with Crippen molar-refractivity contribution in [3.63, 3.8) is 0 Å². The third kappa shape index (κ3) is 3.84. The minimum absolute atomic E-state index is 0.114. The first-order valence-corrected chi connectivity index (χ1v) is 6.69. The highest BCUT2D eigenvalue weighted by atomic mass is 16.5. The van der Waals surface area contributed by atoms with Crippen LogP contribution < -0.4 is 0 Å². The summed E-state index contributed by atoms with van der Waals surface area (Å²) in [5.41, 5.74) is 1.02. The number of hydrogen-bond donors (Lipinski definition) is 0. The van der Waals surface area contributed by atoms with Gasteiger partial charge in [-0.3, -0.25) is 9.69 Å². The van der Waals surface area contributed by atoms with Gasteiger partial charge in [-0.05, 0) is 24.9 Å². The van der Waals surface area contributed by atoms with Gasteiger partial charge in [-0.2, -0.15) is 0 Å². The maximum atomic E-state index is 12.1. The lowest BCUT2D eigenvalue weighted by Gasteiger charge is -2.21. The molecule has 2 rings (SSSR count). The van der Waals surface area contributed by atoms with Gasteiger partial charge < -0.3 is 4.74 Å². The maximum absolute atomic E-state index is 12.1. The molecule has 0 N–H and O–H groups in total. The number of rotatable bonds is 5. The van der Waals surface area contributed by atoms with Crippen molar-refractivity contribution in [1.29, 1.82) is 0 Å². The Bertz CT molecular complexity index is 450. The predicted molar refractivity (Wildman–Crippen MR) is 74.3 cm³/mol. The van der Waals surface area contributed by atoms with Crippen LogP contribution in [0.3, 0.4) is 0 Å². The van der Waals surface area contributed by atoms with Crippen LogP contribution in [-0.2, 0) is 16.1 Å². The standard InChI is InChI=1S/C16H19NO2/c1-2-3-11-17-12-7-10-15(17)16(18)19-13-14-8-5-4-6-9-14/h1,4-6,8-9,15H,3,7,10-13H2. The second-order valence-corrected chi connectivity index (χ2v) is 4.74. The van der Waals surface area contributed by atoms with Crippen LogP contribution in [0.4, 0.5) is 0 Å². The van der Waals surface area contributed by atoms with E-state index >= 15 is 0 Å². The molecule has 3 nitrogen and oxygen atoms in total. The van der Waals surface area contributed by atoms with Crippen molar-refractivity contribution in [2.45, 2.75) is 31.9 Å². The number of terminal acetylenes is 1. The van der Waals surface area contributed by atoms with E-state index in [2.05, 4.69) is 10.8 Å². The third-order valence-electron chi connectivity index (χ3n) is 3.40. The summed E-state index contributed by atoms with van der Waals surface area (Å²) in [6.45, 7) is 2.06. The highest BCUT2D eigenvalue weighted by molar-refractivity contribution is 5.76. The average molecular weight is 257 g/mol. The molecule has 1 heterocycles. The fourth-order valence-electron chi connectivity index (χ4n) is 2.39. The summed E-state index contributed by atoms with van der Waals surface area (Å²) in [5, 5.41) is 0. The Balaban J connectivity index is 1.84. The first-order chi connectivity index (χ1) is 9.31. The van der Waals surface area contributed by atoms with Crippen LogP contribution in [0, 0.1) is 12.3 Å². The molecule has 3 heteroatoms. The van der Waals surface area contributed by atoms with Crippen LogP contribution in [0.5, 0.6) is 0 Å². The molecule has 0 bridgehead atoms. The van der Waals surface area contributed by atoms with E-state index in [9.17, 15) is 4.79 Å². The molecular weight excluding hydrogens is 238 g/mol. The topological polar surface area (TPSA) is 29.5 Å². The number of nitrogens with zero attached hydrogens (tertiary/aromatic N) is 1. The van der Waals surface area contributed by atoms with E-state index in [1.165, 1.54) is 0 Å². The lowest BCUT2D eigenvalue weighted by Crippen LogP contribution is -2.37. The fraction of sp³-hybridized carbons (Fsp3) is 0.438. The lowest BCUT2D eigenvalue weighted by atomic mass is 10.2. The molecule has 0 radical (unpaired) electrons. The van der Waals surface area contributed by atoms with Gasteiger partial charge in [0.25, 0.3) is 0 Å². The van der Waals surface area contributed by atoms with Crippen molar-refractivity contribution in [3.05, 3.63) is 35.9 Å². The minimum Gasteiger partial charge on any atom is -0.460 e. The van der Waals surface area contributed by atoms with Crippen molar-refractivity contribution in [1.82, 2.24) is 4.90 Å². The summed E-state index contributed by atoms with van der Waals surface area (Å²) >= 11 is 0. The number of ether oxygens (including phenoxy) is 1. The molecule has 0 spiro atoms. The quantitative estimate of drug-likeness (QED) is 0.598. The third-order valence-corrected chi connectivity index (χ3v) is 3.40. The highest BCUT2D eigenvalue weighted by Gasteiger charge is 2.31. The van der Waals surface area contributed by atoms with Crippen LogP contribution in [0.15, 0.2) is 30.3 Å². The Kier molecular flexibility index (Phi) is 5.00. The second-order valence-electron chi connectivity index (χ2n) is 4.74. The van der Waals surface area contributed by atoms with Gasteiger partial charge in [0.2, 0.25) is 0 Å². The van der Waals surface area contributed by atoms with Crippen molar-refractivity contribution in [3.8, 4) is 12.3 Å². The van der Waals surface area contributed by atoms with Gasteiger partial charge in [-0.1, -0.05) is 30.3 Å². The van der Waals surface area contributed by atoms with E-state index in [1.807, 2.05) is 30.3 Å². The van der Waals surface area contributed by atoms with Gasteiger partial charge in [0, 0.05) is 13.0 Å². The molecule has 0 aromatic heterocycles. The zero-order valence-corrected chi connectivity index (χ0v) is 11.0. The maximum Gasteiger partial charge on any atom is 0.323 e. The van der Waals surface area contributed by atoms with E-state index in [0.717, 1.165) is 31.5 Å². The lowest BCUT2D eigenvalue weighted by molar-refractivity contribution is -0.150. The molecule has 1 aromatic rings. The summed E-state index contributed by atoms with van der Waals surface area (Å²) < 4.78 is 5.39. The summed E-state index contributed by atoms with van der Waals surface area (Å²) in [5.74, 6) is 2.49. The molecular formula is C16H19NO2. The van der Waals surface area contributed by atoms with Gasteiger partial charge in [0.1, 0.15) is 12.6 Å². The first-order valence-electron chi connectivity index (χ1n) is 6.69. The SMILES string of the molecule is C#CCCN1CCCC1C(=O)OCc1ccccc1. The molecule has 19 heavy (non-hydrogen) atoms. The van der Waals surface area contributed by atoms with Crippen molar-refractivity contribution < 1.29 is 9.53 Å². The average Bonchev–Trinajstić information content (AvgIpc) is 2.92. The van der Waals surface area contributed by atoms with E-state index in [1.54, 1.807) is 0 Å². The fourth-order valence-corrected chi connectivity index (χ4v) is 2.39. The predicted octanol–water partition coefficient (Wildman–Crippen LogP) is 2.22. The zero-order chi connectivity index (χ0) is 13.5. The second kappa shape index (κ2) is 6.96. The molecule has 1 aromatic carbocycles. The summed E-state index contributed by atoms with van der Waals surface area (Å²) in [6, 6.07) is 9.63. The summed E-state index contributed by atoms with van der Waals surface area (Å²) in [4.78, 5) is 14.2. The normalized spacial score (nSPS) is 19.0. The Morgan fingerprint density at radius 2 is 2.21 bits per heavy atom. The Hall–Kier alpha value is -1.79.